The molecule has 1 fully saturated rings. The van der Waals surface area contributed by atoms with Crippen LogP contribution in [-0.2, 0) is 0 Å². The van der Waals surface area contributed by atoms with Gasteiger partial charge in [-0.15, -0.1) is 0 Å². The molecule has 0 N–H and O–H groups in total. The molecule has 0 aromatic rings. The second-order valence-corrected chi connectivity index (χ2v) is 3.19. The van der Waals surface area contributed by atoms with Gasteiger partial charge in [0.2, 0.25) is 0 Å². The van der Waals surface area contributed by atoms with Gasteiger partial charge in [-0.1, -0.05) is 38.0 Å². The van der Waals surface area contributed by atoms with Gasteiger partial charge in [-0.2, -0.15) is 0 Å². The van der Waals surface area contributed by atoms with Crippen molar-refractivity contribution < 1.29 is 0 Å². The summed E-state index contributed by atoms with van der Waals surface area (Å²) in [5, 5.41) is 0. The molecule has 1 aliphatic carbocycles. The van der Waals surface area contributed by atoms with Crippen LogP contribution in [0.1, 0.15) is 44.9 Å². The summed E-state index contributed by atoms with van der Waals surface area (Å²) < 4.78 is 0. The summed E-state index contributed by atoms with van der Waals surface area (Å²) in [5.74, 6) is 3.11. The minimum atomic E-state index is 0.486. The molecule has 0 heteroatoms. The first-order valence-electron chi connectivity index (χ1n) is 4.36. The lowest BCUT2D eigenvalue weighted by Crippen LogP contribution is -2.00. The summed E-state index contributed by atoms with van der Waals surface area (Å²) in [7, 11) is 0. The molecule has 0 aromatic heterocycles. The van der Waals surface area contributed by atoms with Gasteiger partial charge in [-0.25, -0.2) is 0 Å². The molecule has 10 heavy (non-hydrogen) atoms. The molecule has 0 spiro atoms. The van der Waals surface area contributed by atoms with Crippen molar-refractivity contribution in [2.24, 2.45) is 5.92 Å². The Bertz CT molecular complexity index is 110. The maximum Gasteiger partial charge on any atom is 0.0213 e. The van der Waals surface area contributed by atoms with Gasteiger partial charge in [0, 0.05) is 5.92 Å². The Morgan fingerprint density at radius 1 is 0.900 bits per heavy atom. The Morgan fingerprint density at radius 3 is 1.90 bits per heavy atom. The summed E-state index contributed by atoms with van der Waals surface area (Å²) in [5.41, 5.74) is 0. The topological polar surface area (TPSA) is 0 Å². The highest BCUT2D eigenvalue weighted by molar-refractivity contribution is 4.87. The monoisotopic (exact) mass is 135 g/mol. The van der Waals surface area contributed by atoms with Crippen molar-refractivity contribution >= 4 is 0 Å². The smallest absolute Gasteiger partial charge is 0.0213 e. The molecule has 1 aliphatic rings. The first-order valence-corrected chi connectivity index (χ1v) is 4.36. The molecule has 1 rings (SSSR count). The van der Waals surface area contributed by atoms with Gasteiger partial charge in [0.05, 0.1) is 0 Å². The van der Waals surface area contributed by atoms with E-state index in [1.54, 1.807) is 0 Å². The van der Waals surface area contributed by atoms with E-state index in [0.717, 1.165) is 0 Å². The van der Waals surface area contributed by atoms with Gasteiger partial charge in [-0.3, -0.25) is 0 Å². The van der Waals surface area contributed by atoms with Crippen LogP contribution < -0.4 is 0 Å². The zero-order valence-electron chi connectivity index (χ0n) is 6.53. The molecule has 0 heterocycles. The fourth-order valence-electron chi connectivity index (χ4n) is 1.60. The second kappa shape index (κ2) is 4.39. The highest BCUT2D eigenvalue weighted by atomic mass is 14.1. The zero-order chi connectivity index (χ0) is 7.23. The molecular weight excluding hydrogens is 120 g/mol. The van der Waals surface area contributed by atoms with E-state index in [9.17, 15) is 0 Å². The van der Waals surface area contributed by atoms with Crippen LogP contribution in [0.3, 0.4) is 0 Å². The van der Waals surface area contributed by atoms with Crippen LogP contribution in [0.2, 0.25) is 0 Å². The molecule has 0 aromatic carbocycles. The van der Waals surface area contributed by atoms with Crippen molar-refractivity contribution in [3.8, 4) is 5.92 Å². The van der Waals surface area contributed by atoms with Gasteiger partial charge in [0.1, 0.15) is 0 Å². The lowest BCUT2D eigenvalue weighted by atomic mass is 9.92. The molecule has 0 nitrogen and oxygen atoms in total. The Morgan fingerprint density at radius 2 is 1.40 bits per heavy atom. The molecule has 0 aliphatic heterocycles. The Hall–Kier alpha value is -0.440. The molecular formula is C10H15. The van der Waals surface area contributed by atoms with E-state index in [-0.39, 0.29) is 0 Å². The van der Waals surface area contributed by atoms with E-state index in [4.69, 9.17) is 6.42 Å². The third kappa shape index (κ3) is 2.43. The third-order valence-electron chi connectivity index (χ3n) is 2.31. The van der Waals surface area contributed by atoms with Gasteiger partial charge >= 0.3 is 0 Å². The Balaban J connectivity index is 2.24. The number of hydrogen-bond acceptors (Lipinski definition) is 0. The normalized spacial score (nSPS) is 22.7. The number of hydrogen-bond donors (Lipinski definition) is 0. The van der Waals surface area contributed by atoms with E-state index in [0.29, 0.717) is 5.92 Å². The van der Waals surface area contributed by atoms with Gasteiger partial charge in [0.25, 0.3) is 0 Å². The molecule has 0 unspecified atom stereocenters. The Labute approximate surface area is 64.0 Å². The van der Waals surface area contributed by atoms with Crippen molar-refractivity contribution in [3.05, 3.63) is 6.42 Å². The van der Waals surface area contributed by atoms with E-state index < -0.39 is 0 Å². The van der Waals surface area contributed by atoms with Crippen molar-refractivity contribution in [1.82, 2.24) is 0 Å². The van der Waals surface area contributed by atoms with Crippen LogP contribution in [0.5, 0.6) is 0 Å². The lowest BCUT2D eigenvalue weighted by molar-refractivity contribution is 0.444. The predicted octanol–water partition coefficient (Wildman–Crippen LogP) is 2.94. The molecule has 1 saturated carbocycles. The van der Waals surface area contributed by atoms with Crippen molar-refractivity contribution in [3.63, 3.8) is 0 Å². The van der Waals surface area contributed by atoms with Gasteiger partial charge < -0.3 is 0 Å². The van der Waals surface area contributed by atoms with Crippen LogP contribution in [-0.4, -0.2) is 0 Å². The summed E-state index contributed by atoms with van der Waals surface area (Å²) in [6.07, 6.45) is 16.2. The van der Waals surface area contributed by atoms with Gasteiger partial charge in [-0.05, 0) is 19.3 Å². The maximum atomic E-state index is 7.02. The van der Waals surface area contributed by atoms with E-state index >= 15 is 0 Å². The minimum Gasteiger partial charge on any atom is -0.0857 e. The van der Waals surface area contributed by atoms with Crippen molar-refractivity contribution in [2.45, 2.75) is 44.9 Å². The molecule has 0 atom stereocenters. The molecule has 55 valence electrons. The summed E-state index contributed by atoms with van der Waals surface area (Å²) in [6, 6.07) is 0. The van der Waals surface area contributed by atoms with E-state index in [2.05, 4.69) is 5.92 Å². The fourth-order valence-corrected chi connectivity index (χ4v) is 1.60. The molecule has 0 bridgehead atoms. The van der Waals surface area contributed by atoms with Crippen molar-refractivity contribution in [1.29, 1.82) is 0 Å². The summed E-state index contributed by atoms with van der Waals surface area (Å²) in [6.45, 7) is 0. The van der Waals surface area contributed by atoms with Gasteiger partial charge in [0.15, 0.2) is 0 Å². The molecule has 1 radical (unpaired) electrons. The second-order valence-electron chi connectivity index (χ2n) is 3.19. The first-order chi connectivity index (χ1) is 4.93. The molecule has 0 amide bonds. The maximum absolute atomic E-state index is 7.02. The van der Waals surface area contributed by atoms with Crippen LogP contribution in [0.25, 0.3) is 0 Å². The average Bonchev–Trinajstić information content (AvgIpc) is 1.87. The quantitative estimate of drug-likeness (QED) is 0.448. The fraction of sp³-hybridized carbons (Fsp3) is 0.800. The number of rotatable bonds is 0. The highest BCUT2D eigenvalue weighted by Gasteiger charge is 2.07. The third-order valence-corrected chi connectivity index (χ3v) is 2.31. The summed E-state index contributed by atoms with van der Waals surface area (Å²) in [4.78, 5) is 0. The average molecular weight is 135 g/mol. The highest BCUT2D eigenvalue weighted by Crippen LogP contribution is 2.21. The standard InChI is InChI=1S/C10H15/c1-2-10-8-6-4-3-5-7-9-10/h10H,3-9H2. The predicted molar refractivity (Wildman–Crippen MR) is 42.9 cm³/mol. The Kier molecular flexibility index (Phi) is 3.36. The summed E-state index contributed by atoms with van der Waals surface area (Å²) >= 11 is 0. The molecule has 0 saturated heterocycles. The zero-order valence-corrected chi connectivity index (χ0v) is 6.53. The largest absolute Gasteiger partial charge is 0.0857 e. The SMILES string of the molecule is [C]#CC1CCCCCCC1. The van der Waals surface area contributed by atoms with E-state index in [1.807, 2.05) is 0 Å². The first kappa shape index (κ1) is 7.66. The van der Waals surface area contributed by atoms with Crippen LogP contribution in [0.4, 0.5) is 0 Å². The lowest BCUT2D eigenvalue weighted by Gasteiger charge is -2.13. The van der Waals surface area contributed by atoms with Crippen LogP contribution in [0.15, 0.2) is 0 Å². The van der Waals surface area contributed by atoms with Crippen molar-refractivity contribution in [2.75, 3.05) is 0 Å². The van der Waals surface area contributed by atoms with Crippen LogP contribution >= 0.6 is 0 Å². The van der Waals surface area contributed by atoms with Crippen LogP contribution in [0, 0.1) is 18.3 Å². The van der Waals surface area contributed by atoms with E-state index in [1.165, 1.54) is 44.9 Å². The minimum absolute atomic E-state index is 0.486.